The molecule has 12 nitrogen and oxygen atoms in total. The van der Waals surface area contributed by atoms with Crippen LogP contribution in [-0.4, -0.2) is 38.9 Å². The van der Waals surface area contributed by atoms with Crippen LogP contribution in [-0.2, 0) is 14.1 Å². The van der Waals surface area contributed by atoms with Gasteiger partial charge in [0.25, 0.3) is 0 Å². The van der Waals surface area contributed by atoms with Crippen LogP contribution in [0.2, 0.25) is 0 Å². The predicted octanol–water partition coefficient (Wildman–Crippen LogP) is 2.06. The van der Waals surface area contributed by atoms with E-state index in [1.807, 2.05) is 0 Å². The minimum Gasteiger partial charge on any atom is -0.358 e. The molecule has 26 heavy (non-hydrogen) atoms. The summed E-state index contributed by atoms with van der Waals surface area (Å²) in [6, 6.07) is 1.59. The zero-order chi connectivity index (χ0) is 18.8. The van der Waals surface area contributed by atoms with Crippen molar-refractivity contribution in [2.45, 2.75) is 20.2 Å². The molecule has 0 amide bonds. The van der Waals surface area contributed by atoms with Gasteiger partial charge in [-0.3, -0.25) is 0 Å². The summed E-state index contributed by atoms with van der Waals surface area (Å²) < 4.78 is 3.02. The van der Waals surface area contributed by atoms with Crippen LogP contribution in [0.5, 0.6) is 0 Å². The zero-order valence-corrected chi connectivity index (χ0v) is 15.0. The van der Waals surface area contributed by atoms with E-state index in [0.717, 1.165) is 23.5 Å². The van der Waals surface area contributed by atoms with E-state index in [4.69, 9.17) is 0 Å². The van der Waals surface area contributed by atoms with Crippen molar-refractivity contribution in [1.29, 1.82) is 0 Å². The fourth-order valence-electron chi connectivity index (χ4n) is 1.92. The Kier molecular flexibility index (Phi) is 4.85. The summed E-state index contributed by atoms with van der Waals surface area (Å²) in [4.78, 5) is 36.8. The lowest BCUT2D eigenvalue weighted by Gasteiger charge is -2.04. The summed E-state index contributed by atoms with van der Waals surface area (Å²) in [7, 11) is 3.26. The van der Waals surface area contributed by atoms with Gasteiger partial charge in [-0.15, -0.1) is 0 Å². The average Bonchev–Trinajstić information content (AvgIpc) is 3.12. The Morgan fingerprint density at radius 3 is 2.00 bits per heavy atom. The summed E-state index contributed by atoms with van der Waals surface area (Å²) in [5.41, 5.74) is 0. The van der Waals surface area contributed by atoms with Crippen molar-refractivity contribution >= 4 is 35.2 Å². The molecule has 0 unspecified atom stereocenters. The van der Waals surface area contributed by atoms with E-state index in [1.54, 1.807) is 20.2 Å². The van der Waals surface area contributed by atoms with E-state index in [0.29, 0.717) is 10.1 Å². The van der Waals surface area contributed by atoms with Gasteiger partial charge in [-0.2, -0.15) is 0 Å². The average molecular weight is 394 g/mol. The topological polar surface area (TPSA) is 148 Å². The first-order chi connectivity index (χ1) is 12.4. The lowest BCUT2D eigenvalue weighted by molar-refractivity contribution is -0.392. The monoisotopic (exact) mass is 394 g/mol. The molecule has 3 heterocycles. The van der Waals surface area contributed by atoms with Crippen LogP contribution >= 0.6 is 23.5 Å². The smallest absolute Gasteiger partial charge is 0.358 e. The minimum atomic E-state index is -0.583. The molecule has 3 aromatic rings. The maximum Gasteiger partial charge on any atom is 0.396 e. The van der Waals surface area contributed by atoms with Crippen molar-refractivity contribution in [2.75, 3.05) is 0 Å². The van der Waals surface area contributed by atoms with Gasteiger partial charge >= 0.3 is 11.6 Å². The van der Waals surface area contributed by atoms with Gasteiger partial charge in [-0.1, -0.05) is 0 Å². The number of aryl methyl sites for hydroxylation is 2. The van der Waals surface area contributed by atoms with Crippen molar-refractivity contribution in [2.24, 2.45) is 14.1 Å². The van der Waals surface area contributed by atoms with Gasteiger partial charge in [0, 0.05) is 20.3 Å². The van der Waals surface area contributed by atoms with Gasteiger partial charge in [-0.05, 0) is 49.4 Å². The second-order valence-electron chi connectivity index (χ2n) is 4.86. The Hall–Kier alpha value is -3.00. The van der Waals surface area contributed by atoms with Crippen molar-refractivity contribution in [3.8, 4) is 0 Å². The van der Waals surface area contributed by atoms with Crippen LogP contribution in [0.15, 0.2) is 45.2 Å². The van der Waals surface area contributed by atoms with E-state index in [9.17, 15) is 20.2 Å². The molecule has 0 atom stereocenters. The molecule has 0 saturated carbocycles. The normalized spacial score (nSPS) is 10.8. The molecule has 134 valence electrons. The van der Waals surface area contributed by atoms with E-state index >= 15 is 0 Å². The maximum absolute atomic E-state index is 11.0. The van der Waals surface area contributed by atoms with Crippen LogP contribution < -0.4 is 0 Å². The third kappa shape index (κ3) is 3.50. The van der Waals surface area contributed by atoms with Gasteiger partial charge in [0.15, 0.2) is 15.2 Å². The fraction of sp³-hybridized carbons (Fsp3) is 0.167. The molecule has 0 radical (unpaired) electrons. The Morgan fingerprint density at radius 1 is 0.923 bits per heavy atom. The summed E-state index contributed by atoms with van der Waals surface area (Å²) in [6.45, 7) is 0. The number of aromatic nitrogens is 6. The SMILES string of the molecule is Cn1cnc([N+](=O)[O-])c1Sc1ccnc(Sc2c([N+](=O)[O-])ncn2C)n1. The number of imidazole rings is 2. The van der Waals surface area contributed by atoms with Crippen molar-refractivity contribution in [1.82, 2.24) is 29.1 Å². The van der Waals surface area contributed by atoms with Gasteiger partial charge < -0.3 is 29.4 Å². The van der Waals surface area contributed by atoms with Gasteiger partial charge in [0.05, 0.1) is 0 Å². The quantitative estimate of drug-likeness (QED) is 0.263. The third-order valence-corrected chi connectivity index (χ3v) is 5.22. The lowest BCUT2D eigenvalue weighted by atomic mass is 10.7. The van der Waals surface area contributed by atoms with Crippen molar-refractivity contribution in [3.63, 3.8) is 0 Å². The molecule has 3 rings (SSSR count). The Morgan fingerprint density at radius 2 is 1.46 bits per heavy atom. The molecule has 0 aromatic carbocycles. The predicted molar refractivity (Wildman–Crippen MR) is 90.0 cm³/mol. The molecule has 0 aliphatic heterocycles. The van der Waals surface area contributed by atoms with Crippen LogP contribution in [0.3, 0.4) is 0 Å². The van der Waals surface area contributed by atoms with Crippen LogP contribution in [0.25, 0.3) is 0 Å². The van der Waals surface area contributed by atoms with Crippen LogP contribution in [0, 0.1) is 20.2 Å². The molecular formula is C12H10N8O4S2. The third-order valence-electron chi connectivity index (χ3n) is 3.07. The second kappa shape index (κ2) is 7.09. The number of rotatable bonds is 6. The highest BCUT2D eigenvalue weighted by Crippen LogP contribution is 2.35. The Balaban J connectivity index is 1.88. The van der Waals surface area contributed by atoms with Gasteiger partial charge in [0.1, 0.15) is 5.03 Å². The summed E-state index contributed by atoms with van der Waals surface area (Å²) >= 11 is 2.04. The van der Waals surface area contributed by atoms with E-state index < -0.39 is 9.85 Å². The van der Waals surface area contributed by atoms with Crippen LogP contribution in [0.1, 0.15) is 0 Å². The number of hydrogen-bond donors (Lipinski definition) is 0. The molecule has 0 saturated heterocycles. The van der Waals surface area contributed by atoms with Crippen molar-refractivity contribution < 1.29 is 9.85 Å². The molecule has 0 N–H and O–H groups in total. The van der Waals surface area contributed by atoms with Gasteiger partial charge in [0.2, 0.25) is 12.7 Å². The highest BCUT2D eigenvalue weighted by molar-refractivity contribution is 8.00. The molecule has 3 aromatic heterocycles. The number of nitro groups is 2. The van der Waals surface area contributed by atoms with Gasteiger partial charge in [-0.25, -0.2) is 9.97 Å². The first-order valence-electron chi connectivity index (χ1n) is 6.87. The Labute approximate surface area is 154 Å². The summed E-state index contributed by atoms with van der Waals surface area (Å²) in [5.74, 6) is -0.561. The van der Waals surface area contributed by atoms with E-state index in [-0.39, 0.29) is 21.8 Å². The Bertz CT molecular complexity index is 926. The molecule has 14 heteroatoms. The molecular weight excluding hydrogens is 384 g/mol. The zero-order valence-electron chi connectivity index (χ0n) is 13.3. The van der Waals surface area contributed by atoms with Crippen LogP contribution in [0.4, 0.5) is 11.6 Å². The first-order valence-corrected chi connectivity index (χ1v) is 8.50. The maximum atomic E-state index is 11.0. The van der Waals surface area contributed by atoms with E-state index in [2.05, 4.69) is 19.9 Å². The number of nitrogens with zero attached hydrogens (tertiary/aromatic N) is 8. The fourth-order valence-corrected chi connectivity index (χ4v) is 3.68. The highest BCUT2D eigenvalue weighted by Gasteiger charge is 2.24. The minimum absolute atomic E-state index is 0.256. The van der Waals surface area contributed by atoms with E-state index in [1.165, 1.54) is 28.0 Å². The van der Waals surface area contributed by atoms with Crippen molar-refractivity contribution in [3.05, 3.63) is 45.1 Å². The second-order valence-corrected chi connectivity index (χ2v) is 6.83. The molecule has 0 aliphatic rings. The highest BCUT2D eigenvalue weighted by atomic mass is 32.2. The first kappa shape index (κ1) is 17.8. The number of hydrogen-bond acceptors (Lipinski definition) is 10. The molecule has 0 bridgehead atoms. The lowest BCUT2D eigenvalue weighted by Crippen LogP contribution is -1.97. The molecule has 0 aliphatic carbocycles. The summed E-state index contributed by atoms with van der Waals surface area (Å²) in [6.07, 6.45) is 4.15. The summed E-state index contributed by atoms with van der Waals surface area (Å²) in [5, 5.41) is 23.4. The molecule has 0 spiro atoms. The standard InChI is InChI=1S/C12H10N8O4S2/c1-17-5-14-8(19(21)22)10(17)25-7-3-4-13-12(16-7)26-11-9(20(23)24)15-6-18(11)2/h3-6H,1-2H3. The largest absolute Gasteiger partial charge is 0.396 e. The molecule has 0 fully saturated rings.